The number of rotatable bonds is 4. The zero-order valence-corrected chi connectivity index (χ0v) is 13.8. The molecule has 3 aromatic rings. The average molecular weight is 343 g/mol. The summed E-state index contributed by atoms with van der Waals surface area (Å²) in [6.07, 6.45) is 0. The second-order valence-corrected chi connectivity index (χ2v) is 6.63. The number of anilines is 2. The van der Waals surface area contributed by atoms with E-state index in [2.05, 4.69) is 15.6 Å². The molecule has 7 heteroatoms. The Morgan fingerprint density at radius 1 is 1.00 bits per heavy atom. The standard InChI is InChI=1S/C16H13N3O2S2/c1-10-13(15(21)18-11-6-3-2-4-7-11)23-16(17-10)19-14(20)12-8-5-9-22-12/h2-9H,1H3,(H,18,21)(H,17,19,20). The van der Waals surface area contributed by atoms with Gasteiger partial charge in [0, 0.05) is 5.69 Å². The number of nitrogens with zero attached hydrogens (tertiary/aromatic N) is 1. The van der Waals surface area contributed by atoms with E-state index in [4.69, 9.17) is 0 Å². The van der Waals surface area contributed by atoms with Crippen LogP contribution in [0, 0.1) is 6.92 Å². The number of hydrogen-bond acceptors (Lipinski definition) is 5. The van der Waals surface area contributed by atoms with Crippen molar-refractivity contribution in [3.63, 3.8) is 0 Å². The lowest BCUT2D eigenvalue weighted by Gasteiger charge is -2.02. The van der Waals surface area contributed by atoms with Crippen LogP contribution in [0.1, 0.15) is 25.0 Å². The summed E-state index contributed by atoms with van der Waals surface area (Å²) in [5.74, 6) is -0.452. The fraction of sp³-hybridized carbons (Fsp3) is 0.0625. The molecule has 0 bridgehead atoms. The summed E-state index contributed by atoms with van der Waals surface area (Å²) in [6.45, 7) is 1.75. The fourth-order valence-electron chi connectivity index (χ4n) is 1.94. The largest absolute Gasteiger partial charge is 0.321 e. The van der Waals surface area contributed by atoms with E-state index in [1.54, 1.807) is 13.0 Å². The highest BCUT2D eigenvalue weighted by Gasteiger charge is 2.17. The number of thiazole rings is 1. The average Bonchev–Trinajstić information content (AvgIpc) is 3.18. The van der Waals surface area contributed by atoms with Crippen molar-refractivity contribution in [3.8, 4) is 0 Å². The van der Waals surface area contributed by atoms with Crippen molar-refractivity contribution < 1.29 is 9.59 Å². The van der Waals surface area contributed by atoms with E-state index in [0.717, 1.165) is 17.0 Å². The van der Waals surface area contributed by atoms with Crippen LogP contribution in [0.4, 0.5) is 10.8 Å². The van der Waals surface area contributed by atoms with Crippen LogP contribution in [0.2, 0.25) is 0 Å². The first kappa shape index (κ1) is 15.4. The summed E-state index contributed by atoms with van der Waals surface area (Å²) in [5.41, 5.74) is 1.30. The monoisotopic (exact) mass is 343 g/mol. The highest BCUT2D eigenvalue weighted by molar-refractivity contribution is 7.18. The first-order chi connectivity index (χ1) is 11.1. The maximum absolute atomic E-state index is 12.3. The Labute approximate surface area is 141 Å². The lowest BCUT2D eigenvalue weighted by molar-refractivity contribution is 0.102. The molecule has 2 heterocycles. The molecule has 0 unspecified atom stereocenters. The Morgan fingerprint density at radius 3 is 2.48 bits per heavy atom. The Bertz CT molecular complexity index is 826. The molecule has 0 fully saturated rings. The van der Waals surface area contributed by atoms with Gasteiger partial charge >= 0.3 is 0 Å². The molecule has 5 nitrogen and oxygen atoms in total. The van der Waals surface area contributed by atoms with Gasteiger partial charge in [0.1, 0.15) is 4.88 Å². The Balaban J connectivity index is 1.73. The first-order valence-corrected chi connectivity index (χ1v) is 8.52. The molecule has 116 valence electrons. The maximum atomic E-state index is 12.3. The third kappa shape index (κ3) is 3.64. The molecule has 2 aromatic heterocycles. The molecule has 0 aliphatic carbocycles. The zero-order valence-electron chi connectivity index (χ0n) is 12.2. The molecular weight excluding hydrogens is 330 g/mol. The van der Waals surface area contributed by atoms with Crippen molar-refractivity contribution in [2.24, 2.45) is 0 Å². The normalized spacial score (nSPS) is 10.3. The quantitative estimate of drug-likeness (QED) is 0.751. The molecule has 0 aliphatic rings. The molecule has 2 amide bonds. The van der Waals surface area contributed by atoms with Gasteiger partial charge in [0.15, 0.2) is 5.13 Å². The second kappa shape index (κ2) is 6.72. The minimum absolute atomic E-state index is 0.219. The van der Waals surface area contributed by atoms with Crippen LogP contribution in [0.25, 0.3) is 0 Å². The third-order valence-corrected chi connectivity index (χ3v) is 4.94. The molecule has 0 spiro atoms. The van der Waals surface area contributed by atoms with E-state index in [1.165, 1.54) is 11.3 Å². The summed E-state index contributed by atoms with van der Waals surface area (Å²) in [6, 6.07) is 12.8. The summed E-state index contributed by atoms with van der Waals surface area (Å²) < 4.78 is 0. The van der Waals surface area contributed by atoms with Gasteiger partial charge in [0.25, 0.3) is 11.8 Å². The van der Waals surface area contributed by atoms with Gasteiger partial charge in [0.2, 0.25) is 0 Å². The van der Waals surface area contributed by atoms with Crippen LogP contribution in [0.3, 0.4) is 0 Å². The van der Waals surface area contributed by atoms with E-state index >= 15 is 0 Å². The van der Waals surface area contributed by atoms with Crippen molar-refractivity contribution in [2.45, 2.75) is 6.92 Å². The number of carbonyl (C=O) groups is 2. The van der Waals surface area contributed by atoms with Crippen LogP contribution < -0.4 is 10.6 Å². The highest BCUT2D eigenvalue weighted by atomic mass is 32.1. The lowest BCUT2D eigenvalue weighted by atomic mass is 10.3. The number of amides is 2. The van der Waals surface area contributed by atoms with Crippen molar-refractivity contribution in [3.05, 3.63) is 63.3 Å². The molecule has 3 rings (SSSR count). The van der Waals surface area contributed by atoms with E-state index in [9.17, 15) is 9.59 Å². The van der Waals surface area contributed by atoms with Gasteiger partial charge < -0.3 is 5.32 Å². The van der Waals surface area contributed by atoms with E-state index in [1.807, 2.05) is 41.8 Å². The smallest absolute Gasteiger partial charge is 0.267 e. The molecule has 0 saturated carbocycles. The van der Waals surface area contributed by atoms with Gasteiger partial charge in [0.05, 0.1) is 10.6 Å². The van der Waals surface area contributed by atoms with Crippen LogP contribution in [-0.2, 0) is 0 Å². The molecule has 0 atom stereocenters. The molecule has 2 N–H and O–H groups in total. The zero-order chi connectivity index (χ0) is 16.2. The Hall–Kier alpha value is -2.51. The minimum Gasteiger partial charge on any atom is -0.321 e. The van der Waals surface area contributed by atoms with Gasteiger partial charge in [-0.1, -0.05) is 35.6 Å². The van der Waals surface area contributed by atoms with Gasteiger partial charge in [-0.05, 0) is 30.5 Å². The molecular formula is C16H13N3O2S2. The number of nitrogens with one attached hydrogen (secondary N) is 2. The summed E-state index contributed by atoms with van der Waals surface area (Å²) in [5, 5.41) is 7.79. The molecule has 1 aromatic carbocycles. The number of carbonyl (C=O) groups excluding carboxylic acids is 2. The van der Waals surface area contributed by atoms with Gasteiger partial charge in [-0.25, -0.2) is 4.98 Å². The topological polar surface area (TPSA) is 71.1 Å². The SMILES string of the molecule is Cc1nc(NC(=O)c2cccs2)sc1C(=O)Nc1ccccc1. The molecule has 0 aliphatic heterocycles. The fourth-order valence-corrected chi connectivity index (χ4v) is 3.41. The first-order valence-electron chi connectivity index (χ1n) is 6.82. The van der Waals surface area contributed by atoms with Crippen LogP contribution in [0.15, 0.2) is 47.8 Å². The van der Waals surface area contributed by atoms with Crippen molar-refractivity contribution in [1.82, 2.24) is 4.98 Å². The van der Waals surface area contributed by atoms with E-state index in [-0.39, 0.29) is 11.8 Å². The third-order valence-electron chi connectivity index (χ3n) is 3.00. The Morgan fingerprint density at radius 2 is 1.78 bits per heavy atom. The minimum atomic E-state index is -0.233. The van der Waals surface area contributed by atoms with Gasteiger partial charge in [-0.2, -0.15) is 0 Å². The van der Waals surface area contributed by atoms with Crippen molar-refractivity contribution in [2.75, 3.05) is 10.6 Å². The Kier molecular flexibility index (Phi) is 4.50. The molecule has 23 heavy (non-hydrogen) atoms. The van der Waals surface area contributed by atoms with Gasteiger partial charge in [-0.15, -0.1) is 11.3 Å². The van der Waals surface area contributed by atoms with Crippen molar-refractivity contribution >= 4 is 45.3 Å². The van der Waals surface area contributed by atoms with E-state index < -0.39 is 0 Å². The van der Waals surface area contributed by atoms with Gasteiger partial charge in [-0.3, -0.25) is 14.9 Å². The van der Waals surface area contributed by atoms with E-state index in [0.29, 0.717) is 20.6 Å². The summed E-state index contributed by atoms with van der Waals surface area (Å²) in [4.78, 5) is 29.7. The number of benzene rings is 1. The highest BCUT2D eigenvalue weighted by Crippen LogP contribution is 2.24. The predicted octanol–water partition coefficient (Wildman–Crippen LogP) is 4.02. The number of thiophene rings is 1. The van der Waals surface area contributed by atoms with Crippen LogP contribution in [-0.4, -0.2) is 16.8 Å². The number of aryl methyl sites for hydroxylation is 1. The second-order valence-electron chi connectivity index (χ2n) is 4.69. The number of hydrogen-bond donors (Lipinski definition) is 2. The van der Waals surface area contributed by atoms with Crippen LogP contribution in [0.5, 0.6) is 0 Å². The number of aromatic nitrogens is 1. The van der Waals surface area contributed by atoms with Crippen LogP contribution >= 0.6 is 22.7 Å². The molecule has 0 radical (unpaired) electrons. The summed E-state index contributed by atoms with van der Waals surface area (Å²) in [7, 11) is 0. The van der Waals surface area contributed by atoms with Crippen molar-refractivity contribution in [1.29, 1.82) is 0 Å². The lowest BCUT2D eigenvalue weighted by Crippen LogP contribution is -2.11. The number of para-hydroxylation sites is 1. The summed E-state index contributed by atoms with van der Waals surface area (Å²) >= 11 is 2.52. The predicted molar refractivity (Wildman–Crippen MR) is 93.5 cm³/mol. The molecule has 0 saturated heterocycles. The maximum Gasteiger partial charge on any atom is 0.267 e.